The Kier molecular flexibility index (Phi) is 5.17. The minimum atomic E-state index is 0.652. The average Bonchev–Trinajstić information content (AvgIpc) is 2.22. The minimum Gasteiger partial charge on any atom is -0.288 e. The summed E-state index contributed by atoms with van der Waals surface area (Å²) in [5.74, 6) is 2.64. The molecule has 0 bridgehead atoms. The van der Waals surface area contributed by atoms with E-state index in [1.807, 2.05) is 18.2 Å². The van der Waals surface area contributed by atoms with Crippen molar-refractivity contribution in [1.29, 1.82) is 0 Å². The summed E-state index contributed by atoms with van der Waals surface area (Å²) in [5.41, 5.74) is 1.10. The smallest absolute Gasteiger partial charge is 0.0601 e. The summed E-state index contributed by atoms with van der Waals surface area (Å²) in [6, 6.07) is 5.86. The van der Waals surface area contributed by atoms with Gasteiger partial charge in [0.05, 0.1) is 6.54 Å². The Morgan fingerprint density at radius 1 is 1.53 bits per heavy atom. The lowest BCUT2D eigenvalue weighted by Gasteiger charge is -2.18. The lowest BCUT2D eigenvalue weighted by Crippen LogP contribution is -2.23. The van der Waals surface area contributed by atoms with Crippen LogP contribution in [-0.4, -0.2) is 18.0 Å². The van der Waals surface area contributed by atoms with E-state index in [4.69, 9.17) is 18.0 Å². The first-order valence-electron chi connectivity index (χ1n) is 4.77. The van der Waals surface area contributed by atoms with Crippen LogP contribution in [0.25, 0.3) is 0 Å². The van der Waals surface area contributed by atoms with Gasteiger partial charge in [-0.05, 0) is 30.3 Å². The molecule has 0 aliphatic carbocycles. The van der Waals surface area contributed by atoms with Gasteiger partial charge < -0.3 is 0 Å². The van der Waals surface area contributed by atoms with Gasteiger partial charge in [-0.3, -0.25) is 4.90 Å². The Balaban J connectivity index is 2.78. The molecular formula is C12H13BrClN. The molecule has 0 fully saturated rings. The van der Waals surface area contributed by atoms with Gasteiger partial charge >= 0.3 is 0 Å². The lowest BCUT2D eigenvalue weighted by molar-refractivity contribution is 0.316. The summed E-state index contributed by atoms with van der Waals surface area (Å²) < 4.78 is 1.04. The predicted octanol–water partition coefficient (Wildman–Crippen LogP) is 3.56. The topological polar surface area (TPSA) is 3.24 Å². The van der Waals surface area contributed by atoms with Crippen molar-refractivity contribution in [3.8, 4) is 12.3 Å². The first kappa shape index (κ1) is 12.6. The van der Waals surface area contributed by atoms with Crippen LogP contribution >= 0.6 is 27.5 Å². The summed E-state index contributed by atoms with van der Waals surface area (Å²) in [5, 5.41) is 0.786. The van der Waals surface area contributed by atoms with Crippen LogP contribution < -0.4 is 0 Å². The third-order valence-electron chi connectivity index (χ3n) is 2.16. The van der Waals surface area contributed by atoms with Crippen LogP contribution in [0.3, 0.4) is 0 Å². The van der Waals surface area contributed by atoms with Crippen molar-refractivity contribution < 1.29 is 0 Å². The normalized spacial score (nSPS) is 10.3. The second kappa shape index (κ2) is 6.17. The third kappa shape index (κ3) is 3.87. The number of terminal acetylenes is 1. The SMILES string of the molecule is C#CCN(CC)Cc1cc(Br)ccc1Cl. The molecule has 0 aliphatic heterocycles. The summed E-state index contributed by atoms with van der Waals surface area (Å²) >= 11 is 9.53. The molecular weight excluding hydrogens is 273 g/mol. The number of hydrogen-bond donors (Lipinski definition) is 0. The summed E-state index contributed by atoms with van der Waals surface area (Å²) in [7, 11) is 0. The maximum Gasteiger partial charge on any atom is 0.0601 e. The van der Waals surface area contributed by atoms with E-state index in [2.05, 4.69) is 33.7 Å². The largest absolute Gasteiger partial charge is 0.288 e. The van der Waals surface area contributed by atoms with E-state index in [1.54, 1.807) is 0 Å². The maximum absolute atomic E-state index is 6.10. The summed E-state index contributed by atoms with van der Waals surface area (Å²) in [4.78, 5) is 2.16. The molecule has 0 aliphatic rings. The van der Waals surface area contributed by atoms with Crippen molar-refractivity contribution in [2.75, 3.05) is 13.1 Å². The van der Waals surface area contributed by atoms with Crippen molar-refractivity contribution in [3.05, 3.63) is 33.3 Å². The van der Waals surface area contributed by atoms with E-state index in [1.165, 1.54) is 0 Å². The molecule has 0 amide bonds. The highest BCUT2D eigenvalue weighted by Crippen LogP contribution is 2.22. The summed E-state index contributed by atoms with van der Waals surface area (Å²) in [6.45, 7) is 4.45. The molecule has 0 saturated carbocycles. The zero-order valence-corrected chi connectivity index (χ0v) is 11.0. The van der Waals surface area contributed by atoms with E-state index in [0.29, 0.717) is 6.54 Å². The van der Waals surface area contributed by atoms with Crippen LogP contribution in [0.5, 0.6) is 0 Å². The number of nitrogens with zero attached hydrogens (tertiary/aromatic N) is 1. The zero-order chi connectivity index (χ0) is 11.3. The van der Waals surface area contributed by atoms with E-state index >= 15 is 0 Å². The van der Waals surface area contributed by atoms with Crippen molar-refractivity contribution in [2.24, 2.45) is 0 Å². The quantitative estimate of drug-likeness (QED) is 0.765. The standard InChI is InChI=1S/C12H13BrClN/c1-3-7-15(4-2)9-10-8-11(13)5-6-12(10)14/h1,5-6,8H,4,7,9H2,2H3. The average molecular weight is 287 g/mol. The molecule has 1 rings (SSSR count). The Hall–Kier alpha value is -0.490. The van der Waals surface area contributed by atoms with Crippen molar-refractivity contribution >= 4 is 27.5 Å². The van der Waals surface area contributed by atoms with Gasteiger partial charge in [0.25, 0.3) is 0 Å². The monoisotopic (exact) mass is 285 g/mol. The fraction of sp³-hybridized carbons (Fsp3) is 0.333. The fourth-order valence-electron chi connectivity index (χ4n) is 1.31. The van der Waals surface area contributed by atoms with Gasteiger partial charge in [0.2, 0.25) is 0 Å². The Morgan fingerprint density at radius 3 is 2.87 bits per heavy atom. The molecule has 0 aromatic heterocycles. The van der Waals surface area contributed by atoms with E-state index in [0.717, 1.165) is 28.1 Å². The van der Waals surface area contributed by atoms with Crippen LogP contribution in [-0.2, 0) is 6.54 Å². The van der Waals surface area contributed by atoms with Crippen LogP contribution in [0.2, 0.25) is 5.02 Å². The second-order valence-corrected chi connectivity index (χ2v) is 4.57. The van der Waals surface area contributed by atoms with Gasteiger partial charge in [-0.15, -0.1) is 6.42 Å². The van der Waals surface area contributed by atoms with E-state index < -0.39 is 0 Å². The number of rotatable bonds is 4. The van der Waals surface area contributed by atoms with E-state index in [9.17, 15) is 0 Å². The molecule has 0 heterocycles. The van der Waals surface area contributed by atoms with Gasteiger partial charge in [-0.25, -0.2) is 0 Å². The van der Waals surface area contributed by atoms with E-state index in [-0.39, 0.29) is 0 Å². The summed E-state index contributed by atoms with van der Waals surface area (Å²) in [6.07, 6.45) is 5.29. The first-order chi connectivity index (χ1) is 7.17. The molecule has 0 atom stereocenters. The molecule has 0 spiro atoms. The fourth-order valence-corrected chi connectivity index (χ4v) is 1.90. The lowest BCUT2D eigenvalue weighted by atomic mass is 10.2. The zero-order valence-electron chi connectivity index (χ0n) is 8.63. The Morgan fingerprint density at radius 2 is 2.27 bits per heavy atom. The first-order valence-corrected chi connectivity index (χ1v) is 5.94. The molecule has 1 nitrogen and oxygen atoms in total. The minimum absolute atomic E-state index is 0.652. The number of benzene rings is 1. The molecule has 0 saturated heterocycles. The molecule has 0 radical (unpaired) electrons. The predicted molar refractivity (Wildman–Crippen MR) is 68.9 cm³/mol. The van der Waals surface area contributed by atoms with Crippen LogP contribution in [0.15, 0.2) is 22.7 Å². The van der Waals surface area contributed by atoms with Crippen LogP contribution in [0.4, 0.5) is 0 Å². The van der Waals surface area contributed by atoms with Crippen LogP contribution in [0.1, 0.15) is 12.5 Å². The van der Waals surface area contributed by atoms with Gasteiger partial charge in [0.15, 0.2) is 0 Å². The Labute approximate surface area is 105 Å². The molecule has 15 heavy (non-hydrogen) atoms. The molecule has 0 unspecified atom stereocenters. The van der Waals surface area contributed by atoms with Crippen LogP contribution in [0, 0.1) is 12.3 Å². The van der Waals surface area contributed by atoms with Gasteiger partial charge in [-0.1, -0.05) is 40.4 Å². The molecule has 80 valence electrons. The van der Waals surface area contributed by atoms with Crippen molar-refractivity contribution in [1.82, 2.24) is 4.90 Å². The molecule has 1 aromatic carbocycles. The van der Waals surface area contributed by atoms with Gasteiger partial charge in [-0.2, -0.15) is 0 Å². The number of halogens is 2. The van der Waals surface area contributed by atoms with Crippen molar-refractivity contribution in [3.63, 3.8) is 0 Å². The maximum atomic E-state index is 6.10. The molecule has 0 N–H and O–H groups in total. The van der Waals surface area contributed by atoms with Gasteiger partial charge in [0.1, 0.15) is 0 Å². The molecule has 1 aromatic rings. The number of hydrogen-bond acceptors (Lipinski definition) is 1. The highest BCUT2D eigenvalue weighted by Gasteiger charge is 2.06. The molecule has 3 heteroatoms. The Bertz CT molecular complexity index is 370. The highest BCUT2D eigenvalue weighted by atomic mass is 79.9. The second-order valence-electron chi connectivity index (χ2n) is 3.24. The van der Waals surface area contributed by atoms with Crippen molar-refractivity contribution in [2.45, 2.75) is 13.5 Å². The van der Waals surface area contributed by atoms with Gasteiger partial charge in [0, 0.05) is 16.0 Å². The highest BCUT2D eigenvalue weighted by molar-refractivity contribution is 9.10. The third-order valence-corrected chi connectivity index (χ3v) is 3.03.